The first-order valence-corrected chi connectivity index (χ1v) is 7.87. The van der Waals surface area contributed by atoms with E-state index in [0.717, 1.165) is 38.3 Å². The van der Waals surface area contributed by atoms with Crippen molar-refractivity contribution < 1.29 is 4.39 Å². The van der Waals surface area contributed by atoms with Gasteiger partial charge in [0.1, 0.15) is 10.8 Å². The number of benzene rings is 2. The Kier molecular flexibility index (Phi) is 2.75. The van der Waals surface area contributed by atoms with E-state index in [-0.39, 0.29) is 5.82 Å². The Morgan fingerprint density at radius 2 is 1.95 bits per heavy atom. The molecular formula is C16H9BrFNS. The second kappa shape index (κ2) is 4.50. The topological polar surface area (TPSA) is 12.9 Å². The predicted octanol–water partition coefficient (Wildman–Crippen LogP) is 5.28. The molecule has 4 rings (SSSR count). The number of thiazole rings is 1. The van der Waals surface area contributed by atoms with Gasteiger partial charge in [0.05, 0.1) is 5.69 Å². The van der Waals surface area contributed by atoms with E-state index in [2.05, 4.69) is 22.0 Å². The zero-order chi connectivity index (χ0) is 13.7. The van der Waals surface area contributed by atoms with Crippen LogP contribution in [-0.4, -0.2) is 4.98 Å². The molecule has 1 aliphatic carbocycles. The van der Waals surface area contributed by atoms with E-state index in [4.69, 9.17) is 4.98 Å². The maximum atomic E-state index is 13.3. The third-order valence-electron chi connectivity index (χ3n) is 3.48. The van der Waals surface area contributed by atoms with Crippen LogP contribution in [0, 0.1) is 5.82 Å². The third-order valence-corrected chi connectivity index (χ3v) is 5.26. The van der Waals surface area contributed by atoms with Gasteiger partial charge in [-0.1, -0.05) is 34.1 Å². The molecule has 1 heterocycles. The highest BCUT2D eigenvalue weighted by molar-refractivity contribution is 9.10. The van der Waals surface area contributed by atoms with Crippen molar-refractivity contribution in [3.05, 3.63) is 63.2 Å². The maximum Gasteiger partial charge on any atom is 0.125 e. The van der Waals surface area contributed by atoms with Crippen LogP contribution >= 0.6 is 27.3 Å². The summed E-state index contributed by atoms with van der Waals surface area (Å²) in [6, 6.07) is 13.0. The molecule has 1 nitrogen and oxygen atoms in total. The van der Waals surface area contributed by atoms with E-state index in [1.165, 1.54) is 10.9 Å². The summed E-state index contributed by atoms with van der Waals surface area (Å²) in [6.45, 7) is 0. The van der Waals surface area contributed by atoms with Gasteiger partial charge in [0, 0.05) is 26.9 Å². The van der Waals surface area contributed by atoms with Crippen LogP contribution in [-0.2, 0) is 6.42 Å². The number of nitrogens with zero attached hydrogens (tertiary/aromatic N) is 1. The molecule has 0 N–H and O–H groups in total. The van der Waals surface area contributed by atoms with Gasteiger partial charge in [0.2, 0.25) is 0 Å². The molecule has 0 aliphatic heterocycles. The molecule has 0 unspecified atom stereocenters. The largest absolute Gasteiger partial charge is 0.236 e. The number of halogens is 2. The molecular weight excluding hydrogens is 337 g/mol. The molecule has 0 saturated heterocycles. The Bertz CT molecular complexity index is 825. The molecule has 2 aromatic carbocycles. The minimum atomic E-state index is -0.176. The van der Waals surface area contributed by atoms with Gasteiger partial charge in [-0.3, -0.25) is 0 Å². The fourth-order valence-electron chi connectivity index (χ4n) is 2.54. The van der Waals surface area contributed by atoms with Gasteiger partial charge >= 0.3 is 0 Å². The molecule has 0 amide bonds. The van der Waals surface area contributed by atoms with Crippen molar-refractivity contribution in [1.29, 1.82) is 0 Å². The lowest BCUT2D eigenvalue weighted by Gasteiger charge is -2.01. The van der Waals surface area contributed by atoms with Gasteiger partial charge in [-0.05, 0) is 29.8 Å². The Hall–Kier alpha value is -1.52. The SMILES string of the molecule is Fc1ccc2c(c1)Cc1sc(-c3ccccc3Br)nc1-2. The second-order valence-electron chi connectivity index (χ2n) is 4.75. The van der Waals surface area contributed by atoms with Gasteiger partial charge < -0.3 is 0 Å². The normalized spacial score (nSPS) is 12.3. The Balaban J connectivity index is 1.85. The van der Waals surface area contributed by atoms with E-state index < -0.39 is 0 Å². The summed E-state index contributed by atoms with van der Waals surface area (Å²) >= 11 is 5.25. The van der Waals surface area contributed by atoms with Crippen molar-refractivity contribution in [2.45, 2.75) is 6.42 Å². The van der Waals surface area contributed by atoms with Gasteiger partial charge in [-0.2, -0.15) is 0 Å². The molecule has 0 radical (unpaired) electrons. The molecule has 0 fully saturated rings. The summed E-state index contributed by atoms with van der Waals surface area (Å²) in [4.78, 5) is 5.98. The predicted molar refractivity (Wildman–Crippen MR) is 83.5 cm³/mol. The highest BCUT2D eigenvalue weighted by Crippen LogP contribution is 2.43. The highest BCUT2D eigenvalue weighted by Gasteiger charge is 2.24. The molecule has 3 aromatic rings. The lowest BCUT2D eigenvalue weighted by atomic mass is 10.1. The van der Waals surface area contributed by atoms with Gasteiger partial charge in [-0.15, -0.1) is 11.3 Å². The van der Waals surface area contributed by atoms with E-state index in [1.807, 2.05) is 24.3 Å². The average molecular weight is 346 g/mol. The van der Waals surface area contributed by atoms with Crippen LogP contribution in [0.2, 0.25) is 0 Å². The monoisotopic (exact) mass is 345 g/mol. The molecule has 1 aromatic heterocycles. The average Bonchev–Trinajstić information content (AvgIpc) is 2.96. The Morgan fingerprint density at radius 3 is 2.80 bits per heavy atom. The van der Waals surface area contributed by atoms with Crippen molar-refractivity contribution in [3.63, 3.8) is 0 Å². The van der Waals surface area contributed by atoms with Crippen LogP contribution in [0.4, 0.5) is 4.39 Å². The number of aromatic nitrogens is 1. The van der Waals surface area contributed by atoms with Crippen LogP contribution in [0.5, 0.6) is 0 Å². The summed E-state index contributed by atoms with van der Waals surface area (Å²) in [6.07, 6.45) is 0.782. The van der Waals surface area contributed by atoms with Crippen LogP contribution in [0.3, 0.4) is 0 Å². The number of hydrogen-bond acceptors (Lipinski definition) is 2. The summed E-state index contributed by atoms with van der Waals surface area (Å²) in [7, 11) is 0. The number of fused-ring (bicyclic) bond motifs is 3. The van der Waals surface area contributed by atoms with Crippen molar-refractivity contribution in [1.82, 2.24) is 4.98 Å². The van der Waals surface area contributed by atoms with E-state index in [0.29, 0.717) is 0 Å². The summed E-state index contributed by atoms with van der Waals surface area (Å²) in [5.74, 6) is -0.176. The Labute approximate surface area is 128 Å². The maximum absolute atomic E-state index is 13.3. The fourth-order valence-corrected chi connectivity index (χ4v) is 4.29. The van der Waals surface area contributed by atoms with Gasteiger partial charge in [0.25, 0.3) is 0 Å². The summed E-state index contributed by atoms with van der Waals surface area (Å²) in [5, 5.41) is 1.01. The number of rotatable bonds is 1. The van der Waals surface area contributed by atoms with Crippen LogP contribution in [0.1, 0.15) is 10.4 Å². The summed E-state index contributed by atoms with van der Waals surface area (Å²) < 4.78 is 14.3. The first-order valence-electron chi connectivity index (χ1n) is 6.26. The molecule has 0 atom stereocenters. The van der Waals surface area contributed by atoms with Gasteiger partial charge in [-0.25, -0.2) is 9.37 Å². The lowest BCUT2D eigenvalue weighted by Crippen LogP contribution is -1.84. The van der Waals surface area contributed by atoms with Crippen LogP contribution < -0.4 is 0 Å². The quantitative estimate of drug-likeness (QED) is 0.457. The molecule has 20 heavy (non-hydrogen) atoms. The molecule has 98 valence electrons. The van der Waals surface area contributed by atoms with Crippen molar-refractivity contribution in [2.75, 3.05) is 0 Å². The first-order chi connectivity index (χ1) is 9.72. The van der Waals surface area contributed by atoms with E-state index in [1.54, 1.807) is 17.4 Å². The van der Waals surface area contributed by atoms with E-state index in [9.17, 15) is 4.39 Å². The minimum Gasteiger partial charge on any atom is -0.236 e. The molecule has 4 heteroatoms. The Morgan fingerprint density at radius 1 is 1.10 bits per heavy atom. The van der Waals surface area contributed by atoms with Crippen LogP contribution in [0.25, 0.3) is 21.8 Å². The van der Waals surface area contributed by atoms with Crippen molar-refractivity contribution >= 4 is 27.3 Å². The second-order valence-corrected chi connectivity index (χ2v) is 6.69. The van der Waals surface area contributed by atoms with Crippen molar-refractivity contribution in [2.24, 2.45) is 0 Å². The minimum absolute atomic E-state index is 0.176. The number of hydrogen-bond donors (Lipinski definition) is 0. The highest BCUT2D eigenvalue weighted by atomic mass is 79.9. The smallest absolute Gasteiger partial charge is 0.125 e. The molecule has 0 bridgehead atoms. The molecule has 0 saturated carbocycles. The first kappa shape index (κ1) is 12.2. The standard InChI is InChI=1S/C16H9BrFNS/c17-13-4-2-1-3-12(13)16-19-15-11-6-5-10(18)7-9(11)8-14(15)20-16/h1-7H,8H2. The van der Waals surface area contributed by atoms with E-state index >= 15 is 0 Å². The van der Waals surface area contributed by atoms with Crippen molar-refractivity contribution in [3.8, 4) is 21.8 Å². The van der Waals surface area contributed by atoms with Gasteiger partial charge in [0.15, 0.2) is 0 Å². The zero-order valence-corrected chi connectivity index (χ0v) is 12.8. The molecule has 0 spiro atoms. The summed E-state index contributed by atoms with van der Waals surface area (Å²) in [5.41, 5.74) is 4.22. The zero-order valence-electron chi connectivity index (χ0n) is 10.4. The fraction of sp³-hybridized carbons (Fsp3) is 0.0625. The molecule has 1 aliphatic rings. The third kappa shape index (κ3) is 1.83. The lowest BCUT2D eigenvalue weighted by molar-refractivity contribution is 0.626. The van der Waals surface area contributed by atoms with Crippen LogP contribution in [0.15, 0.2) is 46.9 Å².